The molecule has 29 heavy (non-hydrogen) atoms. The van der Waals surface area contributed by atoms with E-state index in [1.165, 1.54) is 0 Å². The number of aryl methyl sites for hydroxylation is 1. The number of anilines is 4. The maximum absolute atomic E-state index is 12.3. The predicted molar refractivity (Wildman–Crippen MR) is 117 cm³/mol. The molecule has 7 nitrogen and oxygen atoms in total. The fraction of sp³-hybridized carbons (Fsp3) is 0.318. The van der Waals surface area contributed by atoms with Crippen molar-refractivity contribution in [1.29, 1.82) is 0 Å². The molecule has 0 saturated carbocycles. The zero-order chi connectivity index (χ0) is 21.2. The summed E-state index contributed by atoms with van der Waals surface area (Å²) >= 11 is 0. The largest absolute Gasteiger partial charge is 0.376 e. The minimum absolute atomic E-state index is 0.0528. The molecule has 2 aromatic carbocycles. The molecule has 0 heterocycles. The van der Waals surface area contributed by atoms with Crippen LogP contribution in [0.1, 0.15) is 38.7 Å². The molecule has 0 fully saturated rings. The Morgan fingerprint density at radius 3 is 2.14 bits per heavy atom. The lowest BCUT2D eigenvalue weighted by Gasteiger charge is -2.12. The molecule has 0 spiro atoms. The van der Waals surface area contributed by atoms with Crippen LogP contribution in [0.5, 0.6) is 0 Å². The molecule has 0 atom stereocenters. The molecule has 0 bridgehead atoms. The van der Waals surface area contributed by atoms with Gasteiger partial charge in [-0.3, -0.25) is 14.4 Å². The zero-order valence-electron chi connectivity index (χ0n) is 17.1. The van der Waals surface area contributed by atoms with Crippen molar-refractivity contribution in [1.82, 2.24) is 0 Å². The molecule has 4 N–H and O–H groups in total. The van der Waals surface area contributed by atoms with Crippen molar-refractivity contribution in [2.75, 3.05) is 27.8 Å². The number of amides is 3. The van der Waals surface area contributed by atoms with Gasteiger partial charge in [-0.15, -0.1) is 0 Å². The lowest BCUT2D eigenvalue weighted by molar-refractivity contribution is -0.116. The molecule has 154 valence electrons. The van der Waals surface area contributed by atoms with E-state index in [0.29, 0.717) is 24.2 Å². The molecule has 0 saturated heterocycles. The summed E-state index contributed by atoms with van der Waals surface area (Å²) < 4.78 is 0. The third-order valence-electron chi connectivity index (χ3n) is 4.19. The molecular formula is C22H28N4O3. The van der Waals surface area contributed by atoms with Crippen molar-refractivity contribution >= 4 is 40.5 Å². The van der Waals surface area contributed by atoms with E-state index in [1.54, 1.807) is 37.3 Å². The van der Waals surface area contributed by atoms with Crippen molar-refractivity contribution < 1.29 is 14.4 Å². The summed E-state index contributed by atoms with van der Waals surface area (Å²) in [4.78, 5) is 35.6. The Morgan fingerprint density at radius 2 is 1.48 bits per heavy atom. The summed E-state index contributed by atoms with van der Waals surface area (Å²) in [5.74, 6) is -0.335. The Labute approximate surface area is 171 Å². The molecule has 7 heteroatoms. The second-order valence-electron chi connectivity index (χ2n) is 6.71. The first-order chi connectivity index (χ1) is 13.9. The van der Waals surface area contributed by atoms with Crippen molar-refractivity contribution in [2.45, 2.75) is 40.0 Å². The SMILES string of the molecule is CCCC(=O)Nc1cccc(NC(=O)CNc2ccc(C)c(NC(=O)CC)c2)c1. The number of nitrogens with one attached hydrogen (secondary N) is 4. The Morgan fingerprint density at radius 1 is 0.793 bits per heavy atom. The smallest absolute Gasteiger partial charge is 0.243 e. The van der Waals surface area contributed by atoms with Crippen molar-refractivity contribution in [2.24, 2.45) is 0 Å². The topological polar surface area (TPSA) is 99.3 Å². The van der Waals surface area contributed by atoms with Crippen LogP contribution in [0.2, 0.25) is 0 Å². The van der Waals surface area contributed by atoms with Gasteiger partial charge in [0.1, 0.15) is 0 Å². The summed E-state index contributed by atoms with van der Waals surface area (Å²) in [6, 6.07) is 12.6. The molecule has 3 amide bonds. The molecule has 0 radical (unpaired) electrons. The molecule has 0 aromatic heterocycles. The number of rotatable bonds is 9. The molecule has 2 aromatic rings. The second-order valence-corrected chi connectivity index (χ2v) is 6.71. The third-order valence-corrected chi connectivity index (χ3v) is 4.19. The van der Waals surface area contributed by atoms with Crippen molar-refractivity contribution in [3.8, 4) is 0 Å². The fourth-order valence-corrected chi connectivity index (χ4v) is 2.62. The first-order valence-electron chi connectivity index (χ1n) is 9.75. The Bertz CT molecular complexity index is 880. The number of carbonyl (C=O) groups excluding carboxylic acids is 3. The van der Waals surface area contributed by atoms with Crippen LogP contribution >= 0.6 is 0 Å². The van der Waals surface area contributed by atoms with E-state index in [1.807, 2.05) is 26.0 Å². The second kappa shape index (κ2) is 10.8. The molecule has 0 unspecified atom stereocenters. The summed E-state index contributed by atoms with van der Waals surface area (Å²) in [7, 11) is 0. The lowest BCUT2D eigenvalue weighted by Crippen LogP contribution is -2.22. The average molecular weight is 396 g/mol. The van der Waals surface area contributed by atoms with Gasteiger partial charge in [0, 0.05) is 35.6 Å². The van der Waals surface area contributed by atoms with Crippen LogP contribution in [0.4, 0.5) is 22.7 Å². The van der Waals surface area contributed by atoms with Crippen LogP contribution in [0, 0.1) is 6.92 Å². The lowest BCUT2D eigenvalue weighted by atomic mass is 10.1. The fourth-order valence-electron chi connectivity index (χ4n) is 2.62. The van der Waals surface area contributed by atoms with Gasteiger partial charge in [-0.1, -0.05) is 26.0 Å². The predicted octanol–water partition coefficient (Wildman–Crippen LogP) is 4.13. The third kappa shape index (κ3) is 7.29. The van der Waals surface area contributed by atoms with Gasteiger partial charge in [0.2, 0.25) is 17.7 Å². The van der Waals surface area contributed by atoms with E-state index in [4.69, 9.17) is 0 Å². The average Bonchev–Trinajstić information content (AvgIpc) is 2.69. The van der Waals surface area contributed by atoms with Crippen LogP contribution in [0.15, 0.2) is 42.5 Å². The normalized spacial score (nSPS) is 10.2. The number of benzene rings is 2. The van der Waals surface area contributed by atoms with Crippen LogP contribution in [-0.4, -0.2) is 24.3 Å². The highest BCUT2D eigenvalue weighted by Crippen LogP contribution is 2.20. The van der Waals surface area contributed by atoms with Crippen LogP contribution in [-0.2, 0) is 14.4 Å². The maximum Gasteiger partial charge on any atom is 0.243 e. The standard InChI is InChI=1S/C22H28N4O3/c1-4-7-21(28)24-17-8-6-9-18(12-17)25-22(29)14-23-16-11-10-15(3)19(13-16)26-20(27)5-2/h6,8-13,23H,4-5,7,14H2,1-3H3,(H,24,28)(H,25,29)(H,26,27). The number of hydrogen-bond acceptors (Lipinski definition) is 4. The van der Waals surface area contributed by atoms with E-state index < -0.39 is 0 Å². The molecule has 0 aliphatic carbocycles. The van der Waals surface area contributed by atoms with Crippen LogP contribution in [0.25, 0.3) is 0 Å². The van der Waals surface area contributed by atoms with E-state index in [0.717, 1.165) is 23.4 Å². The molecule has 2 rings (SSSR count). The van der Waals surface area contributed by atoms with E-state index in [2.05, 4.69) is 21.3 Å². The van der Waals surface area contributed by atoms with Gasteiger partial charge in [0.15, 0.2) is 0 Å². The van der Waals surface area contributed by atoms with Crippen molar-refractivity contribution in [3.05, 3.63) is 48.0 Å². The van der Waals surface area contributed by atoms with E-state index in [9.17, 15) is 14.4 Å². The first kappa shape index (κ1) is 21.9. The van der Waals surface area contributed by atoms with Crippen LogP contribution in [0.3, 0.4) is 0 Å². The quantitative estimate of drug-likeness (QED) is 0.512. The minimum Gasteiger partial charge on any atom is -0.376 e. The molecular weight excluding hydrogens is 368 g/mol. The highest BCUT2D eigenvalue weighted by molar-refractivity contribution is 5.96. The first-order valence-corrected chi connectivity index (χ1v) is 9.75. The maximum atomic E-state index is 12.3. The minimum atomic E-state index is -0.221. The van der Waals surface area contributed by atoms with Gasteiger partial charge >= 0.3 is 0 Å². The van der Waals surface area contributed by atoms with Gasteiger partial charge in [-0.05, 0) is 49.2 Å². The summed E-state index contributed by atoms with van der Waals surface area (Å²) in [6.45, 7) is 5.71. The molecule has 0 aliphatic rings. The van der Waals surface area contributed by atoms with Gasteiger partial charge in [0.25, 0.3) is 0 Å². The summed E-state index contributed by atoms with van der Waals surface area (Å²) in [5.41, 5.74) is 3.65. The number of carbonyl (C=O) groups is 3. The Balaban J connectivity index is 1.92. The van der Waals surface area contributed by atoms with Gasteiger partial charge in [-0.25, -0.2) is 0 Å². The van der Waals surface area contributed by atoms with E-state index in [-0.39, 0.29) is 24.3 Å². The monoisotopic (exact) mass is 396 g/mol. The van der Waals surface area contributed by atoms with Crippen molar-refractivity contribution in [3.63, 3.8) is 0 Å². The Hall–Kier alpha value is -3.35. The van der Waals surface area contributed by atoms with E-state index >= 15 is 0 Å². The van der Waals surface area contributed by atoms with Crippen LogP contribution < -0.4 is 21.3 Å². The summed E-state index contributed by atoms with van der Waals surface area (Å²) in [6.07, 6.45) is 1.63. The highest BCUT2D eigenvalue weighted by Gasteiger charge is 2.07. The van der Waals surface area contributed by atoms with Gasteiger partial charge < -0.3 is 21.3 Å². The molecule has 0 aliphatic heterocycles. The van der Waals surface area contributed by atoms with Gasteiger partial charge in [-0.2, -0.15) is 0 Å². The number of hydrogen-bond donors (Lipinski definition) is 4. The zero-order valence-corrected chi connectivity index (χ0v) is 17.1. The Kier molecular flexibility index (Phi) is 8.21. The van der Waals surface area contributed by atoms with Gasteiger partial charge in [0.05, 0.1) is 6.54 Å². The summed E-state index contributed by atoms with van der Waals surface area (Å²) in [5, 5.41) is 11.5. The highest BCUT2D eigenvalue weighted by atomic mass is 16.2.